The lowest BCUT2D eigenvalue weighted by Crippen LogP contribution is -2.28. The predicted octanol–water partition coefficient (Wildman–Crippen LogP) is 3.14. The second kappa shape index (κ2) is 7.88. The van der Waals surface area contributed by atoms with Gasteiger partial charge >= 0.3 is 6.03 Å². The number of aromatic nitrogens is 1. The molecule has 24 heavy (non-hydrogen) atoms. The second-order valence-corrected chi connectivity index (χ2v) is 5.98. The van der Waals surface area contributed by atoms with Crippen molar-refractivity contribution in [3.63, 3.8) is 0 Å². The Bertz CT molecular complexity index is 666. The van der Waals surface area contributed by atoms with E-state index in [9.17, 15) is 9.18 Å². The van der Waals surface area contributed by atoms with Crippen molar-refractivity contribution in [2.45, 2.75) is 25.9 Å². The highest BCUT2D eigenvalue weighted by atomic mass is 19.1. The largest absolute Gasteiger partial charge is 0.334 e. The quantitative estimate of drug-likeness (QED) is 0.829. The highest BCUT2D eigenvalue weighted by Gasteiger charge is 2.11. The van der Waals surface area contributed by atoms with Gasteiger partial charge in [0, 0.05) is 13.1 Å². The standard InChI is InChI=1S/C18H21FN4O/c19-17-8-7-16(12-20-17)22-18(24)21-11-14-3-5-15(6-4-14)13-23-9-1-2-10-23/h3-8,12H,1-2,9-11,13H2,(H2,21,22,24). The van der Waals surface area contributed by atoms with Crippen molar-refractivity contribution < 1.29 is 9.18 Å². The molecule has 0 unspecified atom stereocenters. The van der Waals surface area contributed by atoms with Gasteiger partial charge in [0.25, 0.3) is 0 Å². The van der Waals surface area contributed by atoms with Crippen LogP contribution in [0, 0.1) is 5.95 Å². The first kappa shape index (κ1) is 16.4. The number of benzene rings is 1. The zero-order valence-corrected chi connectivity index (χ0v) is 13.5. The van der Waals surface area contributed by atoms with E-state index in [4.69, 9.17) is 0 Å². The zero-order valence-electron chi connectivity index (χ0n) is 13.5. The Kier molecular flexibility index (Phi) is 5.38. The van der Waals surface area contributed by atoms with Crippen LogP contribution in [-0.2, 0) is 13.1 Å². The number of anilines is 1. The molecule has 0 radical (unpaired) electrons. The van der Waals surface area contributed by atoms with Gasteiger partial charge in [0.1, 0.15) is 0 Å². The number of likely N-dealkylation sites (tertiary alicyclic amines) is 1. The molecule has 5 nitrogen and oxygen atoms in total. The van der Waals surface area contributed by atoms with Crippen molar-refractivity contribution in [2.75, 3.05) is 18.4 Å². The summed E-state index contributed by atoms with van der Waals surface area (Å²) in [5.41, 5.74) is 2.78. The molecule has 6 heteroatoms. The fraction of sp³-hybridized carbons (Fsp3) is 0.333. The van der Waals surface area contributed by atoms with Crippen molar-refractivity contribution in [1.82, 2.24) is 15.2 Å². The third kappa shape index (κ3) is 4.76. The van der Waals surface area contributed by atoms with Gasteiger partial charge in [-0.2, -0.15) is 4.39 Å². The Balaban J connectivity index is 1.45. The van der Waals surface area contributed by atoms with Crippen LogP contribution in [-0.4, -0.2) is 29.0 Å². The lowest BCUT2D eigenvalue weighted by molar-refractivity contribution is 0.251. The maximum absolute atomic E-state index is 12.7. The average molecular weight is 328 g/mol. The first-order chi connectivity index (χ1) is 11.7. The van der Waals surface area contributed by atoms with Crippen molar-refractivity contribution in [3.8, 4) is 0 Å². The normalized spacial score (nSPS) is 14.5. The maximum Gasteiger partial charge on any atom is 0.319 e. The predicted molar refractivity (Wildman–Crippen MR) is 91.0 cm³/mol. The molecular weight excluding hydrogens is 307 g/mol. The summed E-state index contributed by atoms with van der Waals surface area (Å²) < 4.78 is 12.7. The summed E-state index contributed by atoms with van der Waals surface area (Å²) in [6, 6.07) is 10.6. The van der Waals surface area contributed by atoms with Crippen LogP contribution in [0.5, 0.6) is 0 Å². The van der Waals surface area contributed by atoms with Crippen molar-refractivity contribution >= 4 is 11.7 Å². The molecule has 1 aromatic carbocycles. The summed E-state index contributed by atoms with van der Waals surface area (Å²) in [6.45, 7) is 3.79. The van der Waals surface area contributed by atoms with E-state index < -0.39 is 5.95 Å². The zero-order chi connectivity index (χ0) is 16.8. The van der Waals surface area contributed by atoms with Crippen LogP contribution in [0.1, 0.15) is 24.0 Å². The fourth-order valence-electron chi connectivity index (χ4n) is 2.77. The summed E-state index contributed by atoms with van der Waals surface area (Å²) in [4.78, 5) is 17.8. The Morgan fingerprint density at radius 3 is 2.46 bits per heavy atom. The van der Waals surface area contributed by atoms with E-state index in [0.29, 0.717) is 12.2 Å². The summed E-state index contributed by atoms with van der Waals surface area (Å²) in [5, 5.41) is 5.39. The van der Waals surface area contributed by atoms with Gasteiger partial charge < -0.3 is 10.6 Å². The minimum Gasteiger partial charge on any atom is -0.334 e. The summed E-state index contributed by atoms with van der Waals surface area (Å²) in [5.74, 6) is -0.574. The maximum atomic E-state index is 12.7. The van der Waals surface area contributed by atoms with Crippen LogP contribution < -0.4 is 10.6 Å². The monoisotopic (exact) mass is 328 g/mol. The Labute approximate surface area is 140 Å². The van der Waals surface area contributed by atoms with Gasteiger partial charge in [-0.1, -0.05) is 24.3 Å². The molecular formula is C18H21FN4O. The van der Waals surface area contributed by atoms with Crippen LogP contribution in [0.25, 0.3) is 0 Å². The molecule has 1 aliphatic rings. The van der Waals surface area contributed by atoms with Crippen LogP contribution in [0.2, 0.25) is 0 Å². The van der Waals surface area contributed by atoms with Gasteiger partial charge in [0.05, 0.1) is 11.9 Å². The van der Waals surface area contributed by atoms with Gasteiger partial charge in [-0.05, 0) is 49.2 Å². The minimum absolute atomic E-state index is 0.343. The first-order valence-electron chi connectivity index (χ1n) is 8.15. The van der Waals surface area contributed by atoms with Crippen LogP contribution in [0.4, 0.5) is 14.9 Å². The summed E-state index contributed by atoms with van der Waals surface area (Å²) in [6.07, 6.45) is 3.86. The van der Waals surface area contributed by atoms with Crippen molar-refractivity contribution in [3.05, 3.63) is 59.7 Å². The molecule has 1 aliphatic heterocycles. The van der Waals surface area contributed by atoms with E-state index in [1.165, 1.54) is 49.8 Å². The minimum atomic E-state index is -0.574. The molecule has 2 heterocycles. The van der Waals surface area contributed by atoms with Crippen molar-refractivity contribution in [2.24, 2.45) is 0 Å². The van der Waals surface area contributed by atoms with E-state index in [-0.39, 0.29) is 6.03 Å². The summed E-state index contributed by atoms with van der Waals surface area (Å²) >= 11 is 0. The van der Waals surface area contributed by atoms with Gasteiger partial charge in [0.2, 0.25) is 5.95 Å². The topological polar surface area (TPSA) is 57.3 Å². The number of hydrogen-bond donors (Lipinski definition) is 2. The highest BCUT2D eigenvalue weighted by Crippen LogP contribution is 2.13. The molecule has 0 saturated carbocycles. The van der Waals surface area contributed by atoms with Gasteiger partial charge in [0.15, 0.2) is 0 Å². The smallest absolute Gasteiger partial charge is 0.319 e. The SMILES string of the molecule is O=C(NCc1ccc(CN2CCCC2)cc1)Nc1ccc(F)nc1. The molecule has 1 aromatic heterocycles. The Morgan fingerprint density at radius 2 is 1.79 bits per heavy atom. The molecule has 1 saturated heterocycles. The van der Waals surface area contributed by atoms with Gasteiger partial charge in [-0.15, -0.1) is 0 Å². The molecule has 1 fully saturated rings. The van der Waals surface area contributed by atoms with E-state index in [2.05, 4.69) is 32.7 Å². The molecule has 0 aliphatic carbocycles. The number of carbonyl (C=O) groups excluding carboxylic acids is 1. The van der Waals surface area contributed by atoms with Gasteiger partial charge in [-0.25, -0.2) is 9.78 Å². The lowest BCUT2D eigenvalue weighted by Gasteiger charge is -2.14. The number of urea groups is 1. The molecule has 0 spiro atoms. The molecule has 126 valence electrons. The number of nitrogens with zero attached hydrogens (tertiary/aromatic N) is 2. The molecule has 2 aromatic rings. The molecule has 2 amide bonds. The molecule has 0 atom stereocenters. The molecule has 2 N–H and O–H groups in total. The van der Waals surface area contributed by atoms with E-state index in [1.54, 1.807) is 0 Å². The summed E-state index contributed by atoms with van der Waals surface area (Å²) in [7, 11) is 0. The number of nitrogens with one attached hydrogen (secondary N) is 2. The van der Waals surface area contributed by atoms with Crippen molar-refractivity contribution in [1.29, 1.82) is 0 Å². The first-order valence-corrected chi connectivity index (χ1v) is 8.15. The third-order valence-electron chi connectivity index (χ3n) is 4.07. The number of amides is 2. The molecule has 0 bridgehead atoms. The van der Waals surface area contributed by atoms with E-state index in [0.717, 1.165) is 12.1 Å². The van der Waals surface area contributed by atoms with E-state index >= 15 is 0 Å². The Morgan fingerprint density at radius 1 is 1.08 bits per heavy atom. The van der Waals surface area contributed by atoms with Crippen LogP contribution in [0.15, 0.2) is 42.6 Å². The lowest BCUT2D eigenvalue weighted by atomic mass is 10.1. The number of pyridine rings is 1. The average Bonchev–Trinajstić information content (AvgIpc) is 3.09. The number of hydrogen-bond acceptors (Lipinski definition) is 3. The highest BCUT2D eigenvalue weighted by molar-refractivity contribution is 5.88. The number of carbonyl (C=O) groups is 1. The number of halogens is 1. The third-order valence-corrected chi connectivity index (χ3v) is 4.07. The van der Waals surface area contributed by atoms with E-state index in [1.807, 2.05) is 12.1 Å². The van der Waals surface area contributed by atoms with Crippen LogP contribution >= 0.6 is 0 Å². The number of rotatable bonds is 5. The fourth-order valence-corrected chi connectivity index (χ4v) is 2.77. The Hall–Kier alpha value is -2.47. The van der Waals surface area contributed by atoms with Gasteiger partial charge in [-0.3, -0.25) is 4.90 Å². The van der Waals surface area contributed by atoms with Crippen LogP contribution in [0.3, 0.4) is 0 Å². The second-order valence-electron chi connectivity index (χ2n) is 5.98. The molecule has 3 rings (SSSR count).